The van der Waals surface area contributed by atoms with Crippen LogP contribution in [0.1, 0.15) is 26.7 Å². The Hall–Kier alpha value is -0.570. The van der Waals surface area contributed by atoms with E-state index in [1.807, 2.05) is 13.8 Å². The van der Waals surface area contributed by atoms with Crippen molar-refractivity contribution in [2.45, 2.75) is 38.3 Å². The van der Waals surface area contributed by atoms with E-state index < -0.39 is 0 Å². The lowest BCUT2D eigenvalue weighted by Crippen LogP contribution is -2.51. The van der Waals surface area contributed by atoms with Gasteiger partial charge in [0.15, 0.2) is 0 Å². The first kappa shape index (κ1) is 8.53. The van der Waals surface area contributed by atoms with Crippen LogP contribution in [0.15, 0.2) is 0 Å². The molecular formula is C8H15NO2. The number of nitrogens with one attached hydrogen (secondary N) is 1. The minimum Gasteiger partial charge on any atom is -0.379 e. The molecule has 1 atom stereocenters. The third-order valence-corrected chi connectivity index (χ3v) is 2.09. The van der Waals surface area contributed by atoms with Gasteiger partial charge >= 0.3 is 0 Å². The molecule has 1 rings (SSSR count). The van der Waals surface area contributed by atoms with Crippen molar-refractivity contribution >= 4 is 5.91 Å². The van der Waals surface area contributed by atoms with Crippen LogP contribution in [-0.2, 0) is 9.53 Å². The maximum absolute atomic E-state index is 10.5. The molecule has 1 amide bonds. The van der Waals surface area contributed by atoms with Crippen molar-refractivity contribution in [3.63, 3.8) is 0 Å². The van der Waals surface area contributed by atoms with Crippen molar-refractivity contribution in [3.05, 3.63) is 0 Å². The van der Waals surface area contributed by atoms with Gasteiger partial charge in [-0.05, 0) is 20.3 Å². The van der Waals surface area contributed by atoms with Crippen LogP contribution in [0.4, 0.5) is 0 Å². The van der Waals surface area contributed by atoms with Gasteiger partial charge in [-0.3, -0.25) is 4.79 Å². The van der Waals surface area contributed by atoms with E-state index in [0.717, 1.165) is 6.42 Å². The lowest BCUT2D eigenvalue weighted by Gasteiger charge is -2.33. The average molecular weight is 157 g/mol. The number of β-lactam (4-membered cyclic amide) rings is 1. The van der Waals surface area contributed by atoms with E-state index in [9.17, 15) is 4.79 Å². The summed E-state index contributed by atoms with van der Waals surface area (Å²) in [6.07, 6.45) is 1.56. The van der Waals surface area contributed by atoms with Gasteiger partial charge < -0.3 is 10.1 Å². The van der Waals surface area contributed by atoms with Gasteiger partial charge in [0.2, 0.25) is 5.91 Å². The largest absolute Gasteiger partial charge is 0.379 e. The molecule has 1 aliphatic rings. The molecule has 0 aromatic heterocycles. The number of amides is 1. The average Bonchev–Trinajstić information content (AvgIpc) is 1.84. The van der Waals surface area contributed by atoms with Gasteiger partial charge in [0.05, 0.1) is 5.60 Å². The summed E-state index contributed by atoms with van der Waals surface area (Å²) in [5.74, 6) is 0.155. The van der Waals surface area contributed by atoms with Crippen LogP contribution in [0.5, 0.6) is 0 Å². The number of rotatable bonds is 3. The van der Waals surface area contributed by atoms with Crippen LogP contribution in [0.25, 0.3) is 0 Å². The molecule has 0 aromatic rings. The second kappa shape index (κ2) is 2.81. The van der Waals surface area contributed by atoms with Gasteiger partial charge in [0.1, 0.15) is 0 Å². The normalized spacial score (nSPS) is 24.3. The van der Waals surface area contributed by atoms with Gasteiger partial charge in [-0.1, -0.05) is 0 Å². The Morgan fingerprint density at radius 2 is 2.27 bits per heavy atom. The molecule has 0 bridgehead atoms. The van der Waals surface area contributed by atoms with Gasteiger partial charge in [-0.25, -0.2) is 0 Å². The Morgan fingerprint density at radius 1 is 1.73 bits per heavy atom. The molecule has 11 heavy (non-hydrogen) atoms. The second-order valence-electron chi connectivity index (χ2n) is 3.64. The molecule has 3 heteroatoms. The lowest BCUT2D eigenvalue weighted by atomic mass is 9.92. The summed E-state index contributed by atoms with van der Waals surface area (Å²) in [4.78, 5) is 10.5. The zero-order chi connectivity index (χ0) is 8.48. The zero-order valence-electron chi connectivity index (χ0n) is 7.31. The Balaban J connectivity index is 2.26. The third kappa shape index (κ3) is 2.19. The van der Waals surface area contributed by atoms with Gasteiger partial charge in [0, 0.05) is 19.6 Å². The molecule has 0 saturated carbocycles. The van der Waals surface area contributed by atoms with Crippen LogP contribution in [0.2, 0.25) is 0 Å². The highest BCUT2D eigenvalue weighted by atomic mass is 16.5. The molecule has 1 heterocycles. The van der Waals surface area contributed by atoms with Crippen molar-refractivity contribution in [1.82, 2.24) is 5.32 Å². The molecule has 64 valence electrons. The molecule has 1 N–H and O–H groups in total. The summed E-state index contributed by atoms with van der Waals surface area (Å²) < 4.78 is 5.23. The molecule has 1 saturated heterocycles. The lowest BCUT2D eigenvalue weighted by molar-refractivity contribution is -0.129. The van der Waals surface area contributed by atoms with E-state index in [0.29, 0.717) is 12.5 Å². The number of methoxy groups -OCH3 is 1. The van der Waals surface area contributed by atoms with Crippen LogP contribution in [0.3, 0.4) is 0 Å². The van der Waals surface area contributed by atoms with Crippen LogP contribution < -0.4 is 5.32 Å². The first-order valence-corrected chi connectivity index (χ1v) is 3.88. The van der Waals surface area contributed by atoms with Crippen LogP contribution in [-0.4, -0.2) is 24.7 Å². The van der Waals surface area contributed by atoms with E-state index in [4.69, 9.17) is 4.74 Å². The molecule has 0 spiro atoms. The highest BCUT2D eigenvalue weighted by molar-refractivity contribution is 5.82. The summed E-state index contributed by atoms with van der Waals surface area (Å²) in [7, 11) is 1.69. The van der Waals surface area contributed by atoms with E-state index in [-0.39, 0.29) is 11.5 Å². The fourth-order valence-electron chi connectivity index (χ4n) is 1.23. The van der Waals surface area contributed by atoms with Crippen LogP contribution >= 0.6 is 0 Å². The summed E-state index contributed by atoms with van der Waals surface area (Å²) in [5, 5.41) is 2.81. The summed E-state index contributed by atoms with van der Waals surface area (Å²) in [5.41, 5.74) is -0.113. The number of hydrogen-bond donors (Lipinski definition) is 1. The van der Waals surface area contributed by atoms with Crippen molar-refractivity contribution < 1.29 is 9.53 Å². The highest BCUT2D eigenvalue weighted by Crippen LogP contribution is 2.20. The van der Waals surface area contributed by atoms with Gasteiger partial charge in [-0.15, -0.1) is 0 Å². The fraction of sp³-hybridized carbons (Fsp3) is 0.875. The topological polar surface area (TPSA) is 38.3 Å². The van der Waals surface area contributed by atoms with E-state index in [1.165, 1.54) is 0 Å². The molecule has 3 nitrogen and oxygen atoms in total. The minimum atomic E-state index is -0.113. The minimum absolute atomic E-state index is 0.113. The van der Waals surface area contributed by atoms with E-state index in [2.05, 4.69) is 5.32 Å². The first-order valence-electron chi connectivity index (χ1n) is 3.88. The quantitative estimate of drug-likeness (QED) is 0.612. The summed E-state index contributed by atoms with van der Waals surface area (Å²) >= 11 is 0. The van der Waals surface area contributed by atoms with Crippen molar-refractivity contribution in [3.8, 4) is 0 Å². The predicted molar refractivity (Wildman–Crippen MR) is 42.3 cm³/mol. The Bertz CT molecular complexity index is 157. The Morgan fingerprint density at radius 3 is 2.64 bits per heavy atom. The molecule has 1 aliphatic heterocycles. The molecule has 1 unspecified atom stereocenters. The standard InChI is InChI=1S/C8H15NO2/c1-8(2,11-3)5-6-4-7(10)9-6/h6H,4-5H2,1-3H3,(H,9,10). The highest BCUT2D eigenvalue weighted by Gasteiger charge is 2.31. The molecule has 0 radical (unpaired) electrons. The second-order valence-corrected chi connectivity index (χ2v) is 3.64. The monoisotopic (exact) mass is 157 g/mol. The first-order chi connectivity index (χ1) is 5.03. The number of ether oxygens (including phenoxy) is 1. The van der Waals surface area contributed by atoms with E-state index in [1.54, 1.807) is 7.11 Å². The molecule has 1 fully saturated rings. The maximum Gasteiger partial charge on any atom is 0.222 e. The number of hydrogen-bond acceptors (Lipinski definition) is 2. The van der Waals surface area contributed by atoms with Crippen molar-refractivity contribution in [1.29, 1.82) is 0 Å². The maximum atomic E-state index is 10.5. The van der Waals surface area contributed by atoms with Crippen LogP contribution in [0, 0.1) is 0 Å². The Kier molecular flexibility index (Phi) is 2.18. The summed E-state index contributed by atoms with van der Waals surface area (Å²) in [6.45, 7) is 4.05. The van der Waals surface area contributed by atoms with Gasteiger partial charge in [-0.2, -0.15) is 0 Å². The molecule has 0 aliphatic carbocycles. The SMILES string of the molecule is COC(C)(C)CC1CC(=O)N1. The smallest absolute Gasteiger partial charge is 0.222 e. The number of carbonyl (C=O) groups is 1. The van der Waals surface area contributed by atoms with E-state index >= 15 is 0 Å². The number of carbonyl (C=O) groups excluding carboxylic acids is 1. The zero-order valence-corrected chi connectivity index (χ0v) is 7.31. The van der Waals surface area contributed by atoms with Gasteiger partial charge in [0.25, 0.3) is 0 Å². The molecule has 0 aromatic carbocycles. The summed E-state index contributed by atoms with van der Waals surface area (Å²) in [6, 6.07) is 0.331. The Labute approximate surface area is 67.1 Å². The van der Waals surface area contributed by atoms with Crippen molar-refractivity contribution in [2.24, 2.45) is 0 Å². The fourth-order valence-corrected chi connectivity index (χ4v) is 1.23. The van der Waals surface area contributed by atoms with Crippen molar-refractivity contribution in [2.75, 3.05) is 7.11 Å². The molecular weight excluding hydrogens is 142 g/mol. The third-order valence-electron chi connectivity index (χ3n) is 2.09. The predicted octanol–water partition coefficient (Wildman–Crippen LogP) is 0.690.